The Balaban J connectivity index is 0.000000156. The molecule has 1 aromatic carbocycles. The molecule has 4 rings (SSSR count). The number of aliphatic hydroxyl groups excluding tert-OH is 1. The quantitative estimate of drug-likeness (QED) is 0.717. The normalized spacial score (nSPS) is 26.2. The molecular formula is C18H24N2O4V-2. The van der Waals surface area contributed by atoms with Gasteiger partial charge < -0.3 is 20.8 Å². The average Bonchev–Trinajstić information content (AvgIpc) is 2.64. The molecule has 3 atom stereocenters. The summed E-state index contributed by atoms with van der Waals surface area (Å²) in [4.78, 5) is 0. The van der Waals surface area contributed by atoms with Crippen molar-refractivity contribution < 1.29 is 33.7 Å². The number of piperidine rings is 1. The predicted molar refractivity (Wildman–Crippen MR) is 89.4 cm³/mol. The van der Waals surface area contributed by atoms with Crippen LogP contribution in [-0.2, 0) is 23.5 Å². The van der Waals surface area contributed by atoms with Crippen LogP contribution in [0.3, 0.4) is 0 Å². The van der Waals surface area contributed by atoms with Gasteiger partial charge in [0.25, 0.3) is 0 Å². The number of fused-ring (bicyclic) bond motifs is 2. The first-order chi connectivity index (χ1) is 12.2. The zero-order chi connectivity index (χ0) is 18.1. The zero-order valence-electron chi connectivity index (χ0n) is 14.1. The van der Waals surface area contributed by atoms with Crippen LogP contribution in [0.15, 0.2) is 24.3 Å². The Morgan fingerprint density at radius 2 is 1.96 bits per heavy atom. The van der Waals surface area contributed by atoms with Gasteiger partial charge in [-0.3, -0.25) is 0 Å². The van der Waals surface area contributed by atoms with Gasteiger partial charge in [0.05, 0.1) is 0 Å². The van der Waals surface area contributed by atoms with Gasteiger partial charge in [-0.15, -0.1) is 12.6 Å². The monoisotopic (exact) mass is 383 g/mol. The van der Waals surface area contributed by atoms with Gasteiger partial charge in [0.2, 0.25) is 0 Å². The molecule has 2 aliphatic heterocycles. The number of anilines is 1. The van der Waals surface area contributed by atoms with Crippen LogP contribution < -0.4 is 10.4 Å². The van der Waals surface area contributed by atoms with Crippen molar-refractivity contribution in [2.24, 2.45) is 5.92 Å². The SMILES string of the molecule is OC1CCCC2CCC[N-]C12.[O-]c1cccc2c1NCC=C2.[O]=[V]=[O]. The maximum absolute atomic E-state index is 11.2. The number of hydrogen-bond donors (Lipinski definition) is 2. The van der Waals surface area contributed by atoms with Crippen molar-refractivity contribution in [3.05, 3.63) is 35.2 Å². The van der Waals surface area contributed by atoms with E-state index in [2.05, 4.69) is 10.6 Å². The van der Waals surface area contributed by atoms with E-state index in [9.17, 15) is 10.2 Å². The summed E-state index contributed by atoms with van der Waals surface area (Å²) >= 11 is -1.81. The maximum atomic E-state index is 11.2. The first-order valence-corrected chi connectivity index (χ1v) is 9.81. The first kappa shape index (κ1) is 20.0. The van der Waals surface area contributed by atoms with Crippen molar-refractivity contribution in [3.63, 3.8) is 0 Å². The Morgan fingerprint density at radius 3 is 2.68 bits per heavy atom. The number of aliphatic hydroxyl groups is 1. The van der Waals surface area contributed by atoms with Gasteiger partial charge in [-0.1, -0.05) is 67.7 Å². The van der Waals surface area contributed by atoms with Crippen LogP contribution in [0.5, 0.6) is 5.75 Å². The third-order valence-corrected chi connectivity index (χ3v) is 4.78. The summed E-state index contributed by atoms with van der Waals surface area (Å²) in [6.45, 7) is 1.74. The van der Waals surface area contributed by atoms with Crippen molar-refractivity contribution in [2.45, 2.75) is 44.2 Å². The van der Waals surface area contributed by atoms with Crippen molar-refractivity contribution in [3.8, 4) is 5.75 Å². The molecule has 3 unspecified atom stereocenters. The van der Waals surface area contributed by atoms with E-state index in [4.69, 9.17) is 7.35 Å². The van der Waals surface area contributed by atoms with Gasteiger partial charge >= 0.3 is 23.5 Å². The number of nitrogens with one attached hydrogen (secondary N) is 1. The second-order valence-electron chi connectivity index (χ2n) is 6.38. The van der Waals surface area contributed by atoms with E-state index in [1.165, 1.54) is 25.7 Å². The summed E-state index contributed by atoms with van der Waals surface area (Å²) < 4.78 is 16.9. The Kier molecular flexibility index (Phi) is 8.48. The molecule has 25 heavy (non-hydrogen) atoms. The zero-order valence-corrected chi connectivity index (χ0v) is 15.5. The predicted octanol–water partition coefficient (Wildman–Crippen LogP) is 2.64. The van der Waals surface area contributed by atoms with Gasteiger partial charge in [0, 0.05) is 18.3 Å². The second-order valence-corrected chi connectivity index (χ2v) is 6.61. The van der Waals surface area contributed by atoms with Gasteiger partial charge in [0.15, 0.2) is 0 Å². The van der Waals surface area contributed by atoms with Crippen molar-refractivity contribution in [1.29, 1.82) is 0 Å². The third-order valence-electron chi connectivity index (χ3n) is 4.78. The molecule has 2 fully saturated rings. The van der Waals surface area contributed by atoms with E-state index in [-0.39, 0.29) is 11.9 Å². The fraction of sp³-hybridized carbons (Fsp3) is 0.556. The molecule has 0 radical (unpaired) electrons. The van der Waals surface area contributed by atoms with E-state index >= 15 is 0 Å². The number of hydrogen-bond acceptors (Lipinski definition) is 5. The molecule has 137 valence electrons. The van der Waals surface area contributed by atoms with Crippen LogP contribution in [0.25, 0.3) is 11.4 Å². The molecular weight excluding hydrogens is 359 g/mol. The number of benzene rings is 1. The van der Waals surface area contributed by atoms with Gasteiger partial charge in [0.1, 0.15) is 0 Å². The molecule has 0 aromatic heterocycles. The topological polar surface area (TPSA) is 104 Å². The van der Waals surface area contributed by atoms with E-state index in [1.807, 2.05) is 18.2 Å². The van der Waals surface area contributed by atoms with E-state index in [0.717, 1.165) is 30.8 Å². The van der Waals surface area contributed by atoms with Crippen molar-refractivity contribution in [1.82, 2.24) is 0 Å². The Labute approximate surface area is 155 Å². The van der Waals surface area contributed by atoms with Crippen LogP contribution >= 0.6 is 0 Å². The van der Waals surface area contributed by atoms with Crippen molar-refractivity contribution in [2.75, 3.05) is 18.4 Å². The molecule has 1 saturated carbocycles. The molecule has 1 aliphatic carbocycles. The third kappa shape index (κ3) is 5.85. The number of nitrogens with zero attached hydrogens (tertiary/aromatic N) is 1. The standard InChI is InChI=1S/C9H16NO.C9H9NO.2O.V/c2*11-8-5-1-3-7-4-2-6-10-9(7)8;;;/h7-9,11H,1-6H2;1-5,10-11H,6H2;;;/q-1;;;;/p-1. The molecule has 6 nitrogen and oxygen atoms in total. The van der Waals surface area contributed by atoms with Crippen LogP contribution in [0.1, 0.15) is 37.7 Å². The minimum absolute atomic E-state index is 0.0758. The molecule has 0 amide bonds. The average molecular weight is 383 g/mol. The van der Waals surface area contributed by atoms with E-state index < -0.39 is 16.2 Å². The van der Waals surface area contributed by atoms with Gasteiger partial charge in [-0.05, 0) is 12.0 Å². The Bertz CT molecular complexity index is 615. The summed E-state index contributed by atoms with van der Waals surface area (Å²) in [7, 11) is 0. The minimum atomic E-state index is -1.81. The molecule has 3 aliphatic rings. The molecule has 0 bridgehead atoms. The number of para-hydroxylation sites is 1. The fourth-order valence-electron chi connectivity index (χ4n) is 3.65. The molecule has 2 N–H and O–H groups in total. The Hall–Kier alpha value is -1.34. The molecule has 2 heterocycles. The molecule has 7 heteroatoms. The van der Waals surface area contributed by atoms with Crippen LogP contribution in [0.2, 0.25) is 0 Å². The summed E-state index contributed by atoms with van der Waals surface area (Å²) in [5.74, 6) is 0.791. The van der Waals surface area contributed by atoms with Gasteiger partial charge in [-0.2, -0.15) is 0 Å². The van der Waals surface area contributed by atoms with Crippen LogP contribution in [0, 0.1) is 5.92 Å². The van der Waals surface area contributed by atoms with Crippen LogP contribution in [-0.4, -0.2) is 30.3 Å². The second kappa shape index (κ2) is 10.6. The molecule has 1 aromatic rings. The van der Waals surface area contributed by atoms with Gasteiger partial charge in [-0.25, -0.2) is 0 Å². The van der Waals surface area contributed by atoms with Crippen molar-refractivity contribution >= 4 is 11.8 Å². The summed E-state index contributed by atoms with van der Waals surface area (Å²) in [5, 5.41) is 28.3. The van der Waals surface area contributed by atoms with E-state index in [0.29, 0.717) is 12.0 Å². The Morgan fingerprint density at radius 1 is 1.20 bits per heavy atom. The summed E-state index contributed by atoms with van der Waals surface area (Å²) in [6, 6.07) is 5.58. The molecule has 1 saturated heterocycles. The number of rotatable bonds is 0. The summed E-state index contributed by atoms with van der Waals surface area (Å²) in [6.07, 6.45) is 9.87. The van der Waals surface area contributed by atoms with Crippen LogP contribution in [0.4, 0.5) is 5.69 Å². The first-order valence-electron chi connectivity index (χ1n) is 8.67. The van der Waals surface area contributed by atoms with E-state index in [1.54, 1.807) is 12.1 Å². The fourth-order valence-corrected chi connectivity index (χ4v) is 3.65. The summed E-state index contributed by atoms with van der Waals surface area (Å²) in [5.41, 5.74) is 1.72. The molecule has 0 spiro atoms.